The summed E-state index contributed by atoms with van der Waals surface area (Å²) in [6, 6.07) is 0. The second-order valence-electron chi connectivity index (χ2n) is 4.41. The van der Waals surface area contributed by atoms with E-state index >= 15 is 0 Å². The van der Waals surface area contributed by atoms with Gasteiger partial charge in [0.25, 0.3) is 0 Å². The van der Waals surface area contributed by atoms with Crippen LogP contribution in [0.25, 0.3) is 0 Å². The zero-order valence-electron chi connectivity index (χ0n) is 10.4. The molecular formula is C12H19N3OS. The number of aromatic nitrogens is 1. The maximum atomic E-state index is 12.0. The van der Waals surface area contributed by atoms with E-state index in [0.717, 1.165) is 43.2 Å². The number of carbonyl (C=O) groups excluding carboxylic acids is 1. The molecule has 0 saturated carbocycles. The Balaban J connectivity index is 1.97. The topological polar surface area (TPSA) is 54.0 Å². The average molecular weight is 253 g/mol. The van der Waals surface area contributed by atoms with Gasteiger partial charge in [-0.1, -0.05) is 6.92 Å². The van der Waals surface area contributed by atoms with Gasteiger partial charge in [0.1, 0.15) is 0 Å². The van der Waals surface area contributed by atoms with E-state index < -0.39 is 0 Å². The van der Waals surface area contributed by atoms with Gasteiger partial charge in [0.05, 0.1) is 11.6 Å². The third kappa shape index (κ3) is 3.04. The average Bonchev–Trinajstić information content (AvgIpc) is 2.70. The summed E-state index contributed by atoms with van der Waals surface area (Å²) in [5.41, 5.74) is 1.09. The number of hydrogen-bond acceptors (Lipinski definition) is 4. The molecule has 0 bridgehead atoms. The van der Waals surface area contributed by atoms with E-state index in [4.69, 9.17) is 0 Å². The lowest BCUT2D eigenvalue weighted by molar-refractivity contribution is -0.120. The first kappa shape index (κ1) is 12.5. The van der Waals surface area contributed by atoms with Crippen molar-refractivity contribution in [3.8, 4) is 0 Å². The molecule has 2 heterocycles. The van der Waals surface area contributed by atoms with Gasteiger partial charge < -0.3 is 10.6 Å². The molecule has 0 aromatic carbocycles. The van der Waals surface area contributed by atoms with Crippen LogP contribution < -0.4 is 10.6 Å². The second kappa shape index (κ2) is 5.60. The van der Waals surface area contributed by atoms with Crippen molar-refractivity contribution in [2.75, 3.05) is 18.4 Å². The molecule has 17 heavy (non-hydrogen) atoms. The van der Waals surface area contributed by atoms with E-state index in [9.17, 15) is 4.79 Å². The number of rotatable bonds is 3. The van der Waals surface area contributed by atoms with Crippen LogP contribution >= 0.6 is 11.3 Å². The summed E-state index contributed by atoms with van der Waals surface area (Å²) in [6.45, 7) is 5.95. The molecule has 1 atom stereocenters. The Bertz CT molecular complexity index is 396. The fourth-order valence-electron chi connectivity index (χ4n) is 2.09. The van der Waals surface area contributed by atoms with Crippen LogP contribution in [0, 0.1) is 12.8 Å². The molecule has 94 valence electrons. The van der Waals surface area contributed by atoms with Crippen LogP contribution in [0.2, 0.25) is 0 Å². The Kier molecular flexibility index (Phi) is 4.12. The van der Waals surface area contributed by atoms with Crippen LogP contribution in [0.5, 0.6) is 0 Å². The Labute approximate surface area is 106 Å². The molecule has 1 unspecified atom stereocenters. The minimum atomic E-state index is 0.0954. The van der Waals surface area contributed by atoms with E-state index in [1.807, 2.05) is 6.92 Å². The monoisotopic (exact) mass is 253 g/mol. The van der Waals surface area contributed by atoms with Crippen LogP contribution in [-0.2, 0) is 11.2 Å². The van der Waals surface area contributed by atoms with Gasteiger partial charge in [0.15, 0.2) is 5.13 Å². The van der Waals surface area contributed by atoms with Gasteiger partial charge in [-0.15, -0.1) is 11.3 Å². The Hall–Kier alpha value is -0.940. The van der Waals surface area contributed by atoms with Gasteiger partial charge in [-0.3, -0.25) is 4.79 Å². The van der Waals surface area contributed by atoms with Crippen LogP contribution in [-0.4, -0.2) is 24.0 Å². The predicted molar refractivity (Wildman–Crippen MR) is 70.5 cm³/mol. The highest BCUT2D eigenvalue weighted by Gasteiger charge is 2.21. The van der Waals surface area contributed by atoms with Gasteiger partial charge >= 0.3 is 0 Å². The van der Waals surface area contributed by atoms with E-state index in [2.05, 4.69) is 22.5 Å². The Morgan fingerprint density at radius 1 is 1.65 bits per heavy atom. The zero-order chi connectivity index (χ0) is 12.3. The largest absolute Gasteiger partial charge is 0.316 e. The highest BCUT2D eigenvalue weighted by molar-refractivity contribution is 7.15. The van der Waals surface area contributed by atoms with Gasteiger partial charge in [0, 0.05) is 11.4 Å². The summed E-state index contributed by atoms with van der Waals surface area (Å²) in [7, 11) is 0. The minimum Gasteiger partial charge on any atom is -0.316 e. The van der Waals surface area contributed by atoms with E-state index in [-0.39, 0.29) is 11.8 Å². The highest BCUT2D eigenvalue weighted by Crippen LogP contribution is 2.23. The van der Waals surface area contributed by atoms with Gasteiger partial charge in [-0.25, -0.2) is 4.98 Å². The van der Waals surface area contributed by atoms with Gasteiger partial charge in [0.2, 0.25) is 5.91 Å². The number of nitrogens with zero attached hydrogens (tertiary/aromatic N) is 1. The van der Waals surface area contributed by atoms with E-state index in [0.29, 0.717) is 0 Å². The van der Waals surface area contributed by atoms with E-state index in [1.165, 1.54) is 4.88 Å². The third-order valence-electron chi connectivity index (χ3n) is 3.13. The van der Waals surface area contributed by atoms with Crippen molar-refractivity contribution in [3.63, 3.8) is 0 Å². The zero-order valence-corrected chi connectivity index (χ0v) is 11.2. The minimum absolute atomic E-state index is 0.0954. The van der Waals surface area contributed by atoms with Crippen LogP contribution in [0.3, 0.4) is 0 Å². The SMILES string of the molecule is CCc1nc(NC(=O)C2CCCNC2)sc1C. The number of anilines is 1. The highest BCUT2D eigenvalue weighted by atomic mass is 32.1. The maximum absolute atomic E-state index is 12.0. The quantitative estimate of drug-likeness (QED) is 0.865. The van der Waals surface area contributed by atoms with Crippen molar-refractivity contribution in [3.05, 3.63) is 10.6 Å². The van der Waals surface area contributed by atoms with Gasteiger partial charge in [-0.05, 0) is 32.7 Å². The number of aryl methyl sites for hydroxylation is 2. The summed E-state index contributed by atoms with van der Waals surface area (Å²) >= 11 is 1.57. The smallest absolute Gasteiger partial charge is 0.230 e. The number of amides is 1. The third-order valence-corrected chi connectivity index (χ3v) is 4.05. The van der Waals surface area contributed by atoms with Crippen LogP contribution in [0.4, 0.5) is 5.13 Å². The van der Waals surface area contributed by atoms with Crippen LogP contribution in [0.1, 0.15) is 30.3 Å². The lowest BCUT2D eigenvalue weighted by Crippen LogP contribution is -2.37. The van der Waals surface area contributed by atoms with Crippen molar-refractivity contribution in [1.29, 1.82) is 0 Å². The first-order chi connectivity index (χ1) is 8.20. The maximum Gasteiger partial charge on any atom is 0.230 e. The molecule has 1 aromatic rings. The summed E-state index contributed by atoms with van der Waals surface area (Å²) < 4.78 is 0. The van der Waals surface area contributed by atoms with Crippen molar-refractivity contribution in [2.45, 2.75) is 33.1 Å². The summed E-state index contributed by atoms with van der Waals surface area (Å²) in [5, 5.41) is 6.93. The molecule has 1 saturated heterocycles. The Morgan fingerprint density at radius 3 is 3.06 bits per heavy atom. The number of thiazole rings is 1. The molecule has 0 aliphatic carbocycles. The Morgan fingerprint density at radius 2 is 2.47 bits per heavy atom. The molecule has 2 rings (SSSR count). The molecule has 1 aliphatic rings. The molecule has 1 aliphatic heterocycles. The predicted octanol–water partition coefficient (Wildman–Crippen LogP) is 1.95. The lowest BCUT2D eigenvalue weighted by atomic mass is 9.99. The lowest BCUT2D eigenvalue weighted by Gasteiger charge is -2.21. The summed E-state index contributed by atoms with van der Waals surface area (Å²) in [6.07, 6.45) is 2.97. The molecule has 1 amide bonds. The number of nitrogens with one attached hydrogen (secondary N) is 2. The van der Waals surface area contributed by atoms with Gasteiger partial charge in [-0.2, -0.15) is 0 Å². The molecule has 0 radical (unpaired) electrons. The number of carbonyl (C=O) groups is 1. The normalized spacial score (nSPS) is 20.2. The van der Waals surface area contributed by atoms with Crippen molar-refractivity contribution in [1.82, 2.24) is 10.3 Å². The molecule has 1 aromatic heterocycles. The molecule has 0 spiro atoms. The first-order valence-corrected chi connectivity index (χ1v) is 7.00. The fraction of sp³-hybridized carbons (Fsp3) is 0.667. The molecule has 4 nitrogen and oxygen atoms in total. The standard InChI is InChI=1S/C12H19N3OS/c1-3-10-8(2)17-12(14-10)15-11(16)9-5-4-6-13-7-9/h9,13H,3-7H2,1-2H3,(H,14,15,16). The fourth-order valence-corrected chi connectivity index (χ4v) is 3.00. The van der Waals surface area contributed by atoms with Crippen molar-refractivity contribution >= 4 is 22.4 Å². The summed E-state index contributed by atoms with van der Waals surface area (Å²) in [4.78, 5) is 17.6. The number of hydrogen-bond donors (Lipinski definition) is 2. The van der Waals surface area contributed by atoms with Crippen LogP contribution in [0.15, 0.2) is 0 Å². The first-order valence-electron chi connectivity index (χ1n) is 6.18. The van der Waals surface area contributed by atoms with E-state index in [1.54, 1.807) is 11.3 Å². The number of piperidine rings is 1. The molecule has 5 heteroatoms. The second-order valence-corrected chi connectivity index (χ2v) is 5.61. The van der Waals surface area contributed by atoms with Crippen molar-refractivity contribution in [2.24, 2.45) is 5.92 Å². The molecule has 1 fully saturated rings. The summed E-state index contributed by atoms with van der Waals surface area (Å²) in [5.74, 6) is 0.201. The molecule has 2 N–H and O–H groups in total. The van der Waals surface area contributed by atoms with Crippen molar-refractivity contribution < 1.29 is 4.79 Å². The molecular weight excluding hydrogens is 234 g/mol.